The average Bonchev–Trinajstić information content (AvgIpc) is 3.07. The van der Waals surface area contributed by atoms with Crippen LogP contribution in [0.25, 0.3) is 0 Å². The molecule has 1 saturated carbocycles. The molecule has 1 aromatic carbocycles. The molecule has 1 aliphatic rings. The average molecular weight is 258 g/mol. The summed E-state index contributed by atoms with van der Waals surface area (Å²) in [6.07, 6.45) is -3.60. The van der Waals surface area contributed by atoms with Crippen molar-refractivity contribution in [1.29, 1.82) is 0 Å². The summed E-state index contributed by atoms with van der Waals surface area (Å²) in [6.45, 7) is 4.30. The zero-order valence-electron chi connectivity index (χ0n) is 10.6. The molecular formula is C14H17F3O. The molecule has 1 aliphatic carbocycles. The number of alkyl halides is 3. The molecule has 1 fully saturated rings. The van der Waals surface area contributed by atoms with Crippen LogP contribution < -0.4 is 0 Å². The predicted octanol–water partition coefficient (Wildman–Crippen LogP) is 4.21. The summed E-state index contributed by atoms with van der Waals surface area (Å²) in [7, 11) is 0. The summed E-state index contributed by atoms with van der Waals surface area (Å²) >= 11 is 0. The highest BCUT2D eigenvalue weighted by molar-refractivity contribution is 5.35. The van der Waals surface area contributed by atoms with Crippen LogP contribution >= 0.6 is 0 Å². The molecule has 0 spiro atoms. The Hall–Kier alpha value is -1.03. The van der Waals surface area contributed by atoms with E-state index in [0.29, 0.717) is 12.2 Å². The molecule has 0 heterocycles. The van der Waals surface area contributed by atoms with Crippen LogP contribution in [0.15, 0.2) is 24.3 Å². The molecule has 2 rings (SSSR count). The highest BCUT2D eigenvalue weighted by atomic mass is 19.4. The third-order valence-electron chi connectivity index (χ3n) is 3.38. The molecule has 18 heavy (non-hydrogen) atoms. The Labute approximate surface area is 105 Å². The quantitative estimate of drug-likeness (QED) is 0.786. The maximum atomic E-state index is 12.9. The second-order valence-corrected chi connectivity index (χ2v) is 5.14. The summed E-state index contributed by atoms with van der Waals surface area (Å²) in [5.41, 5.74) is -0.293. The van der Waals surface area contributed by atoms with Gasteiger partial charge in [-0.15, -0.1) is 0 Å². The number of hydrogen-bond donors (Lipinski definition) is 0. The number of ether oxygens (including phenoxy) is 1. The number of benzene rings is 1. The third kappa shape index (κ3) is 2.53. The molecule has 0 N–H and O–H groups in total. The zero-order valence-corrected chi connectivity index (χ0v) is 10.6. The van der Waals surface area contributed by atoms with Gasteiger partial charge in [-0.3, -0.25) is 0 Å². The lowest BCUT2D eigenvalue weighted by Crippen LogP contribution is -2.28. The first kappa shape index (κ1) is 13.4. The first-order valence-corrected chi connectivity index (χ1v) is 6.13. The van der Waals surface area contributed by atoms with Gasteiger partial charge in [-0.2, -0.15) is 13.2 Å². The Morgan fingerprint density at radius 2 is 1.72 bits per heavy atom. The van der Waals surface area contributed by atoms with Crippen molar-refractivity contribution in [3.05, 3.63) is 35.4 Å². The van der Waals surface area contributed by atoms with E-state index in [1.54, 1.807) is 24.3 Å². The summed E-state index contributed by atoms with van der Waals surface area (Å²) in [5.74, 6) is 0. The first-order chi connectivity index (χ1) is 8.35. The van der Waals surface area contributed by atoms with Crippen molar-refractivity contribution in [3.8, 4) is 0 Å². The molecule has 0 radical (unpaired) electrons. The predicted molar refractivity (Wildman–Crippen MR) is 63.3 cm³/mol. The smallest absolute Gasteiger partial charge is 0.374 e. The van der Waals surface area contributed by atoms with E-state index < -0.39 is 11.6 Å². The van der Waals surface area contributed by atoms with E-state index in [0.717, 1.165) is 5.56 Å². The van der Waals surface area contributed by atoms with Crippen LogP contribution in [0.2, 0.25) is 0 Å². The molecule has 0 aliphatic heterocycles. The van der Waals surface area contributed by atoms with E-state index in [1.807, 2.05) is 13.8 Å². The van der Waals surface area contributed by atoms with Gasteiger partial charge in [-0.1, -0.05) is 24.3 Å². The lowest BCUT2D eigenvalue weighted by molar-refractivity contribution is -0.160. The molecule has 1 aromatic rings. The van der Waals surface area contributed by atoms with Gasteiger partial charge in [-0.05, 0) is 37.8 Å². The van der Waals surface area contributed by atoms with Gasteiger partial charge in [0.15, 0.2) is 0 Å². The maximum Gasteiger partial charge on any atom is 0.398 e. The van der Waals surface area contributed by atoms with Crippen molar-refractivity contribution in [3.63, 3.8) is 0 Å². The molecule has 0 aromatic heterocycles. The Kier molecular flexibility index (Phi) is 3.41. The van der Waals surface area contributed by atoms with Gasteiger partial charge in [0, 0.05) is 0 Å². The molecule has 4 heteroatoms. The van der Waals surface area contributed by atoms with Gasteiger partial charge in [0.05, 0.1) is 18.1 Å². The van der Waals surface area contributed by atoms with Crippen molar-refractivity contribution >= 4 is 0 Å². The van der Waals surface area contributed by atoms with Crippen molar-refractivity contribution in [2.75, 3.05) is 0 Å². The molecule has 1 nitrogen and oxygen atoms in total. The first-order valence-electron chi connectivity index (χ1n) is 6.13. The van der Waals surface area contributed by atoms with Crippen LogP contribution in [-0.2, 0) is 16.8 Å². The fourth-order valence-electron chi connectivity index (χ4n) is 2.04. The molecular weight excluding hydrogens is 241 g/mol. The van der Waals surface area contributed by atoms with E-state index in [1.165, 1.54) is 0 Å². The van der Waals surface area contributed by atoms with Gasteiger partial charge in [0.25, 0.3) is 0 Å². The topological polar surface area (TPSA) is 9.23 Å². The van der Waals surface area contributed by atoms with E-state index in [-0.39, 0.29) is 18.9 Å². The van der Waals surface area contributed by atoms with Crippen molar-refractivity contribution in [2.45, 2.75) is 51.0 Å². The van der Waals surface area contributed by atoms with E-state index in [2.05, 4.69) is 0 Å². The summed E-state index contributed by atoms with van der Waals surface area (Å²) in [5, 5.41) is 0. The van der Waals surface area contributed by atoms with Crippen LogP contribution in [0.1, 0.15) is 37.8 Å². The second kappa shape index (κ2) is 4.57. The molecule has 0 atom stereocenters. The van der Waals surface area contributed by atoms with E-state index >= 15 is 0 Å². The van der Waals surface area contributed by atoms with Gasteiger partial charge in [0.1, 0.15) is 0 Å². The highest BCUT2D eigenvalue weighted by Crippen LogP contribution is 2.58. The van der Waals surface area contributed by atoms with Crippen LogP contribution in [-0.4, -0.2) is 12.3 Å². The largest absolute Gasteiger partial charge is 0.398 e. The van der Waals surface area contributed by atoms with Crippen molar-refractivity contribution in [1.82, 2.24) is 0 Å². The molecule has 0 unspecified atom stereocenters. The minimum atomic E-state index is -4.14. The van der Waals surface area contributed by atoms with Gasteiger partial charge in [-0.25, -0.2) is 0 Å². The Bertz CT molecular complexity index is 402. The monoisotopic (exact) mass is 258 g/mol. The Morgan fingerprint density at radius 3 is 2.11 bits per heavy atom. The lowest BCUT2D eigenvalue weighted by atomic mass is 9.94. The van der Waals surface area contributed by atoms with Crippen molar-refractivity contribution in [2.24, 2.45) is 0 Å². The maximum absolute atomic E-state index is 12.9. The summed E-state index contributed by atoms with van der Waals surface area (Å²) in [6, 6.07) is 6.62. The SMILES string of the molecule is CC(C)OCc1ccc(C2(C(F)(F)F)CC2)cc1. The lowest BCUT2D eigenvalue weighted by Gasteiger charge is -2.19. The van der Waals surface area contributed by atoms with Crippen LogP contribution in [0, 0.1) is 0 Å². The highest BCUT2D eigenvalue weighted by Gasteiger charge is 2.64. The summed E-state index contributed by atoms with van der Waals surface area (Å²) < 4.78 is 44.1. The molecule has 0 amide bonds. The van der Waals surface area contributed by atoms with Gasteiger partial charge >= 0.3 is 6.18 Å². The minimum absolute atomic E-state index is 0.120. The minimum Gasteiger partial charge on any atom is -0.374 e. The van der Waals surface area contributed by atoms with Crippen LogP contribution in [0.5, 0.6) is 0 Å². The second-order valence-electron chi connectivity index (χ2n) is 5.14. The number of rotatable bonds is 4. The third-order valence-corrected chi connectivity index (χ3v) is 3.38. The number of halogens is 3. The zero-order chi connectivity index (χ0) is 13.4. The van der Waals surface area contributed by atoms with Crippen molar-refractivity contribution < 1.29 is 17.9 Å². The molecule has 0 saturated heterocycles. The van der Waals surface area contributed by atoms with Gasteiger partial charge < -0.3 is 4.74 Å². The van der Waals surface area contributed by atoms with Crippen LogP contribution in [0.3, 0.4) is 0 Å². The standard InChI is InChI=1S/C14H17F3O/c1-10(2)18-9-11-3-5-12(6-4-11)13(7-8-13)14(15,16)17/h3-6,10H,7-9H2,1-2H3. The van der Waals surface area contributed by atoms with Crippen LogP contribution in [0.4, 0.5) is 13.2 Å². The van der Waals surface area contributed by atoms with Gasteiger partial charge in [0.2, 0.25) is 0 Å². The fraction of sp³-hybridized carbons (Fsp3) is 0.571. The Balaban J connectivity index is 2.09. The fourth-order valence-corrected chi connectivity index (χ4v) is 2.04. The molecule has 100 valence electrons. The number of hydrogen-bond acceptors (Lipinski definition) is 1. The molecule has 0 bridgehead atoms. The van der Waals surface area contributed by atoms with E-state index in [9.17, 15) is 13.2 Å². The Morgan fingerprint density at radius 1 is 1.17 bits per heavy atom. The summed E-state index contributed by atoms with van der Waals surface area (Å²) in [4.78, 5) is 0. The normalized spacial score (nSPS) is 18.1. The van der Waals surface area contributed by atoms with E-state index in [4.69, 9.17) is 4.74 Å².